The van der Waals surface area contributed by atoms with Gasteiger partial charge in [0.2, 0.25) is 5.72 Å². The Morgan fingerprint density at radius 3 is 2.77 bits per heavy atom. The quantitative estimate of drug-likeness (QED) is 0.488. The summed E-state index contributed by atoms with van der Waals surface area (Å²) in [5.74, 6) is -0.595. The summed E-state index contributed by atoms with van der Waals surface area (Å²) in [4.78, 5) is 15.0. The Hall–Kier alpha value is -2.02. The molecule has 2 aromatic rings. The third-order valence-corrected chi connectivity index (χ3v) is 6.67. The van der Waals surface area contributed by atoms with Crippen molar-refractivity contribution in [3.8, 4) is 5.75 Å². The van der Waals surface area contributed by atoms with E-state index in [1.165, 1.54) is 0 Å². The lowest BCUT2D eigenvalue weighted by Crippen LogP contribution is -2.72. The molecule has 2 heterocycles. The van der Waals surface area contributed by atoms with E-state index in [-0.39, 0.29) is 12.6 Å². The number of hydrogen-bond acceptors (Lipinski definition) is 4. The molecule has 2 aromatic carbocycles. The molecule has 0 amide bonds. The average molecular weight is 465 g/mol. The molecule has 2 aliphatic rings. The molecule has 0 aromatic heterocycles. The minimum absolute atomic E-state index is 0.259. The van der Waals surface area contributed by atoms with Crippen molar-refractivity contribution in [3.63, 3.8) is 0 Å². The van der Waals surface area contributed by atoms with Crippen LogP contribution in [0.15, 0.2) is 30.3 Å². The number of carbonyl (C=O) groups excluding carboxylic acids is 1. The first kappa shape index (κ1) is 21.2. The number of anilines is 1. The molecule has 2 aliphatic heterocycles. The molecule has 0 radical (unpaired) electrons. The van der Waals surface area contributed by atoms with Gasteiger partial charge < -0.3 is 14.8 Å². The van der Waals surface area contributed by atoms with E-state index in [0.717, 1.165) is 16.8 Å². The van der Waals surface area contributed by atoms with E-state index in [4.69, 9.17) is 44.9 Å². The largest absolute Gasteiger partial charge is 0.466 e. The average Bonchev–Trinajstić information content (AvgIpc) is 2.66. The zero-order chi connectivity index (χ0) is 21.8. The van der Waals surface area contributed by atoms with Crippen molar-refractivity contribution in [1.29, 1.82) is 0 Å². The minimum atomic E-state index is -1.15. The van der Waals surface area contributed by atoms with Crippen molar-refractivity contribution in [3.05, 3.63) is 57.1 Å². The number of carbonyl (C=O) groups is 1. The Bertz CT molecular complexity index is 1060. The van der Waals surface area contributed by atoms with E-state index in [0.29, 0.717) is 26.5 Å². The normalized spacial score (nSPS) is 24.6. The summed E-state index contributed by atoms with van der Waals surface area (Å²) in [6.45, 7) is 7.94. The van der Waals surface area contributed by atoms with Crippen molar-refractivity contribution >= 4 is 52.2 Å². The lowest BCUT2D eigenvalue weighted by molar-refractivity contribution is -0.159. The summed E-state index contributed by atoms with van der Waals surface area (Å²) in [5.41, 5.74) is 2.54. The van der Waals surface area contributed by atoms with E-state index in [1.807, 2.05) is 43.9 Å². The van der Waals surface area contributed by atoms with Crippen molar-refractivity contribution in [1.82, 2.24) is 5.32 Å². The van der Waals surface area contributed by atoms with Gasteiger partial charge in [-0.25, -0.2) is 0 Å². The summed E-state index contributed by atoms with van der Waals surface area (Å²) < 4.78 is 11.9. The standard InChI is InChI=1S/C22H22Cl2N2O3S/c1-5-28-20(27)17-18-14-9-13(23)10-15(24)19(14)29-22(17,4)26(21(30)25-18)16-8-6-7-11(2)12(16)3/h6-10,17-18H,5H2,1-4H3,(H,25,30). The van der Waals surface area contributed by atoms with Gasteiger partial charge in [0.1, 0.15) is 11.7 Å². The summed E-state index contributed by atoms with van der Waals surface area (Å²) in [6, 6.07) is 8.85. The lowest BCUT2D eigenvalue weighted by atomic mass is 9.79. The summed E-state index contributed by atoms with van der Waals surface area (Å²) in [5, 5.41) is 4.62. The fourth-order valence-electron chi connectivity index (χ4n) is 4.34. The van der Waals surface area contributed by atoms with Gasteiger partial charge >= 0.3 is 5.97 Å². The van der Waals surface area contributed by atoms with Crippen molar-refractivity contribution in [2.24, 2.45) is 5.92 Å². The van der Waals surface area contributed by atoms with Gasteiger partial charge in [-0.15, -0.1) is 0 Å². The van der Waals surface area contributed by atoms with Crippen LogP contribution in [-0.4, -0.2) is 23.4 Å². The second-order valence-corrected chi connectivity index (χ2v) is 8.90. The van der Waals surface area contributed by atoms with Gasteiger partial charge in [-0.2, -0.15) is 0 Å². The van der Waals surface area contributed by atoms with Crippen LogP contribution in [0.4, 0.5) is 5.69 Å². The molecule has 4 rings (SSSR count). The number of fused-ring (bicyclic) bond motifs is 4. The van der Waals surface area contributed by atoms with Crippen LogP contribution in [0, 0.1) is 19.8 Å². The van der Waals surface area contributed by atoms with E-state index >= 15 is 0 Å². The molecule has 2 bridgehead atoms. The monoisotopic (exact) mass is 464 g/mol. The molecular weight excluding hydrogens is 443 g/mol. The maximum absolute atomic E-state index is 13.2. The second-order valence-electron chi connectivity index (χ2n) is 7.67. The third kappa shape index (κ3) is 3.13. The zero-order valence-corrected chi connectivity index (χ0v) is 19.4. The van der Waals surface area contributed by atoms with Gasteiger partial charge in [0, 0.05) is 10.6 Å². The fraction of sp³-hybridized carbons (Fsp3) is 0.364. The van der Waals surface area contributed by atoms with Crippen LogP contribution in [0.25, 0.3) is 0 Å². The van der Waals surface area contributed by atoms with Gasteiger partial charge in [-0.1, -0.05) is 35.3 Å². The molecule has 0 spiro atoms. The van der Waals surface area contributed by atoms with Gasteiger partial charge in [0.05, 0.1) is 23.4 Å². The van der Waals surface area contributed by atoms with Crippen LogP contribution in [0.5, 0.6) is 5.75 Å². The number of nitrogens with zero attached hydrogens (tertiary/aromatic N) is 1. The van der Waals surface area contributed by atoms with Gasteiger partial charge in [0.25, 0.3) is 0 Å². The molecule has 3 unspecified atom stereocenters. The first-order chi connectivity index (χ1) is 14.2. The molecule has 0 aliphatic carbocycles. The van der Waals surface area contributed by atoms with Crippen molar-refractivity contribution < 1.29 is 14.3 Å². The van der Waals surface area contributed by atoms with Crippen molar-refractivity contribution in [2.45, 2.75) is 39.5 Å². The highest BCUT2D eigenvalue weighted by molar-refractivity contribution is 7.80. The van der Waals surface area contributed by atoms with E-state index in [9.17, 15) is 4.79 Å². The molecule has 1 fully saturated rings. The number of halogens is 2. The number of thiocarbonyl (C=S) groups is 1. The number of esters is 1. The lowest BCUT2D eigenvalue weighted by Gasteiger charge is -2.56. The maximum atomic E-state index is 13.2. The molecule has 3 atom stereocenters. The fourth-order valence-corrected chi connectivity index (χ4v) is 5.29. The van der Waals surface area contributed by atoms with Crippen LogP contribution in [-0.2, 0) is 9.53 Å². The van der Waals surface area contributed by atoms with Crippen LogP contribution in [0.3, 0.4) is 0 Å². The van der Waals surface area contributed by atoms with E-state index in [1.54, 1.807) is 19.1 Å². The zero-order valence-electron chi connectivity index (χ0n) is 17.1. The SMILES string of the molecule is CCOC(=O)C1C2NC(=S)N(c3cccc(C)c3C)C1(C)Oc1c(Cl)cc(Cl)cc12. The Kier molecular flexibility index (Phi) is 5.37. The Balaban J connectivity index is 1.96. The van der Waals surface area contributed by atoms with Crippen LogP contribution < -0.4 is 15.0 Å². The summed E-state index contributed by atoms with van der Waals surface area (Å²) in [6.07, 6.45) is 0. The Labute approximate surface area is 191 Å². The number of rotatable bonds is 3. The maximum Gasteiger partial charge on any atom is 0.317 e. The molecule has 1 N–H and O–H groups in total. The second kappa shape index (κ2) is 7.59. The highest BCUT2D eigenvalue weighted by Gasteiger charge is 2.60. The molecule has 158 valence electrons. The molecule has 5 nitrogen and oxygen atoms in total. The molecular formula is C22H22Cl2N2O3S. The number of hydrogen-bond donors (Lipinski definition) is 1. The summed E-state index contributed by atoms with van der Waals surface area (Å²) in [7, 11) is 0. The third-order valence-electron chi connectivity index (χ3n) is 5.87. The molecule has 30 heavy (non-hydrogen) atoms. The van der Waals surface area contributed by atoms with E-state index < -0.39 is 17.7 Å². The molecule has 1 saturated heterocycles. The van der Waals surface area contributed by atoms with Crippen LogP contribution >= 0.6 is 35.4 Å². The number of benzene rings is 2. The topological polar surface area (TPSA) is 50.8 Å². The Morgan fingerprint density at radius 2 is 2.07 bits per heavy atom. The summed E-state index contributed by atoms with van der Waals surface area (Å²) >= 11 is 18.5. The van der Waals surface area contributed by atoms with Crippen LogP contribution in [0.2, 0.25) is 10.0 Å². The Morgan fingerprint density at radius 1 is 1.33 bits per heavy atom. The predicted molar refractivity (Wildman–Crippen MR) is 122 cm³/mol. The highest BCUT2D eigenvalue weighted by Crippen LogP contribution is 2.53. The van der Waals surface area contributed by atoms with Crippen LogP contribution in [0.1, 0.15) is 36.6 Å². The molecule has 0 saturated carbocycles. The highest BCUT2D eigenvalue weighted by atomic mass is 35.5. The number of ether oxygens (including phenoxy) is 2. The van der Waals surface area contributed by atoms with Gasteiger partial charge in [-0.05, 0) is 69.2 Å². The van der Waals surface area contributed by atoms with Gasteiger partial charge in [0.15, 0.2) is 5.11 Å². The molecule has 8 heteroatoms. The minimum Gasteiger partial charge on any atom is -0.466 e. The number of aryl methyl sites for hydroxylation is 1. The number of nitrogens with one attached hydrogen (secondary N) is 1. The first-order valence-electron chi connectivity index (χ1n) is 9.70. The van der Waals surface area contributed by atoms with Crippen molar-refractivity contribution in [2.75, 3.05) is 11.5 Å². The predicted octanol–water partition coefficient (Wildman–Crippen LogP) is 5.33. The first-order valence-corrected chi connectivity index (χ1v) is 10.9. The van der Waals surface area contributed by atoms with E-state index in [2.05, 4.69) is 5.32 Å². The van der Waals surface area contributed by atoms with Gasteiger partial charge in [-0.3, -0.25) is 9.69 Å². The smallest absolute Gasteiger partial charge is 0.317 e.